The molecule has 178 valence electrons. The number of nitrogens with zero attached hydrogens (tertiary/aromatic N) is 5. The van der Waals surface area contributed by atoms with Crippen LogP contribution in [0.1, 0.15) is 33.1 Å². The summed E-state index contributed by atoms with van der Waals surface area (Å²) in [5.74, 6) is 0.728. The number of rotatable bonds is 8. The molecular weight excluding hydrogens is 428 g/mol. The summed E-state index contributed by atoms with van der Waals surface area (Å²) in [7, 11) is -1.09. The van der Waals surface area contributed by atoms with Crippen molar-refractivity contribution in [1.29, 1.82) is 0 Å². The van der Waals surface area contributed by atoms with Crippen LogP contribution in [0.3, 0.4) is 0 Å². The molecule has 3 aromatic rings. The first-order valence-corrected chi connectivity index (χ1v) is 16.1. The molecule has 5 rings (SSSR count). The molecule has 3 atom stereocenters. The highest BCUT2D eigenvalue weighted by molar-refractivity contribution is 6.76. The number of nitrogens with one attached hydrogen (secondary N) is 1. The Hall–Kier alpha value is -2.03. The molecule has 1 aliphatic heterocycles. The van der Waals surface area contributed by atoms with Gasteiger partial charge in [-0.05, 0) is 49.3 Å². The van der Waals surface area contributed by atoms with Gasteiger partial charge in [-0.25, -0.2) is 9.97 Å². The van der Waals surface area contributed by atoms with Crippen molar-refractivity contribution >= 4 is 19.1 Å². The van der Waals surface area contributed by atoms with Gasteiger partial charge in [-0.2, -0.15) is 5.10 Å². The Kier molecular flexibility index (Phi) is 5.74. The van der Waals surface area contributed by atoms with Gasteiger partial charge in [0.1, 0.15) is 18.7 Å². The Bertz CT molecular complexity index is 1130. The van der Waals surface area contributed by atoms with E-state index >= 15 is 0 Å². The summed E-state index contributed by atoms with van der Waals surface area (Å²) >= 11 is 0. The molecule has 33 heavy (non-hydrogen) atoms. The Morgan fingerprint density at radius 3 is 2.88 bits per heavy atom. The molecule has 1 saturated carbocycles. The van der Waals surface area contributed by atoms with E-state index in [0.717, 1.165) is 54.3 Å². The molecule has 2 unspecified atom stereocenters. The molecule has 1 aliphatic carbocycles. The van der Waals surface area contributed by atoms with Gasteiger partial charge in [-0.3, -0.25) is 4.68 Å². The lowest BCUT2D eigenvalue weighted by atomic mass is 9.82. The van der Waals surface area contributed by atoms with Crippen molar-refractivity contribution in [2.24, 2.45) is 11.3 Å². The summed E-state index contributed by atoms with van der Waals surface area (Å²) in [5, 5.41) is 9.53. The molecule has 2 fully saturated rings. The molecule has 0 amide bonds. The highest BCUT2D eigenvalue weighted by Crippen LogP contribution is 2.55. The van der Waals surface area contributed by atoms with Crippen LogP contribution in [0, 0.1) is 11.3 Å². The molecule has 0 spiro atoms. The van der Waals surface area contributed by atoms with Crippen molar-refractivity contribution < 1.29 is 4.74 Å². The second kappa shape index (κ2) is 8.32. The third-order valence-electron chi connectivity index (χ3n) is 8.05. The van der Waals surface area contributed by atoms with Crippen LogP contribution in [0.4, 0.5) is 0 Å². The van der Waals surface area contributed by atoms with Gasteiger partial charge in [0.05, 0.1) is 17.4 Å². The zero-order valence-corrected chi connectivity index (χ0v) is 21.8. The predicted octanol–water partition coefficient (Wildman–Crippen LogP) is 4.73. The van der Waals surface area contributed by atoms with Crippen molar-refractivity contribution in [3.8, 4) is 11.3 Å². The van der Waals surface area contributed by atoms with Crippen molar-refractivity contribution in [3.63, 3.8) is 0 Å². The van der Waals surface area contributed by atoms with Gasteiger partial charge in [0.25, 0.3) is 0 Å². The fourth-order valence-electron chi connectivity index (χ4n) is 5.92. The number of fused-ring (bicyclic) bond motifs is 2. The molecule has 0 radical (unpaired) electrons. The minimum absolute atomic E-state index is 0.0993. The molecule has 3 aromatic heterocycles. The van der Waals surface area contributed by atoms with Crippen LogP contribution < -0.4 is 5.32 Å². The maximum Gasteiger partial charge on any atom is 0.145 e. The van der Waals surface area contributed by atoms with Crippen LogP contribution in [-0.4, -0.2) is 52.1 Å². The Morgan fingerprint density at radius 2 is 2.12 bits per heavy atom. The smallest absolute Gasteiger partial charge is 0.145 e. The standard InChI is InChI=1S/C25H38N6OSi/c1-6-25(11-20-13-26-16-24(20,2)15-25)31-14-19(12-29-31)22-21-7-8-30(23(21)28-17-27-22)18-32-9-10-33(3,4)5/h7-8,12,14,17,20,26H,6,9-11,13,15-16,18H2,1-5H3/t20-,24?,25?/m1/s1. The van der Waals surface area contributed by atoms with Gasteiger partial charge in [0.2, 0.25) is 0 Å². The average molecular weight is 467 g/mol. The molecule has 1 N–H and O–H groups in total. The lowest BCUT2D eigenvalue weighted by Gasteiger charge is -2.31. The lowest BCUT2D eigenvalue weighted by Crippen LogP contribution is -2.34. The quantitative estimate of drug-likeness (QED) is 0.384. The Morgan fingerprint density at radius 1 is 1.27 bits per heavy atom. The van der Waals surface area contributed by atoms with E-state index in [1.54, 1.807) is 6.33 Å². The number of aromatic nitrogens is 5. The van der Waals surface area contributed by atoms with Gasteiger partial charge in [-0.15, -0.1) is 0 Å². The highest BCUT2D eigenvalue weighted by atomic mass is 28.3. The largest absolute Gasteiger partial charge is 0.361 e. The summed E-state index contributed by atoms with van der Waals surface area (Å²) in [4.78, 5) is 9.22. The molecule has 4 heterocycles. The Balaban J connectivity index is 1.38. The average Bonchev–Trinajstić information content (AvgIpc) is 3.52. The van der Waals surface area contributed by atoms with E-state index in [-0.39, 0.29) is 5.54 Å². The third kappa shape index (κ3) is 4.17. The SMILES string of the molecule is CCC1(n2cc(-c3ncnc4c3ccn4COCC[Si](C)(C)C)cn2)C[C@@H]2CNCC2(C)C1. The zero-order valence-electron chi connectivity index (χ0n) is 20.8. The van der Waals surface area contributed by atoms with Crippen LogP contribution in [0.5, 0.6) is 0 Å². The topological polar surface area (TPSA) is 69.8 Å². The van der Waals surface area contributed by atoms with Crippen LogP contribution in [-0.2, 0) is 17.0 Å². The van der Waals surface area contributed by atoms with E-state index in [2.05, 4.69) is 76.5 Å². The van der Waals surface area contributed by atoms with Gasteiger partial charge in [0, 0.05) is 44.6 Å². The van der Waals surface area contributed by atoms with Crippen molar-refractivity contribution in [2.45, 2.75) is 71.1 Å². The van der Waals surface area contributed by atoms with Crippen molar-refractivity contribution in [2.75, 3.05) is 19.7 Å². The van der Waals surface area contributed by atoms with Crippen molar-refractivity contribution in [3.05, 3.63) is 31.0 Å². The van der Waals surface area contributed by atoms with Crippen molar-refractivity contribution in [1.82, 2.24) is 29.6 Å². The zero-order chi connectivity index (χ0) is 23.3. The molecule has 1 saturated heterocycles. The normalized spacial score (nSPS) is 27.5. The number of hydrogen-bond acceptors (Lipinski definition) is 5. The maximum absolute atomic E-state index is 5.97. The maximum atomic E-state index is 5.97. The molecule has 0 bridgehead atoms. The van der Waals surface area contributed by atoms with Crippen LogP contribution in [0.25, 0.3) is 22.3 Å². The van der Waals surface area contributed by atoms with E-state index in [9.17, 15) is 0 Å². The molecule has 0 aromatic carbocycles. The van der Waals surface area contributed by atoms with E-state index in [1.165, 1.54) is 18.9 Å². The molecule has 8 heteroatoms. The summed E-state index contributed by atoms with van der Waals surface area (Å²) in [6.07, 6.45) is 11.4. The summed E-state index contributed by atoms with van der Waals surface area (Å²) < 4.78 is 10.3. The van der Waals surface area contributed by atoms with E-state index < -0.39 is 8.07 Å². The van der Waals surface area contributed by atoms with Crippen LogP contribution in [0.2, 0.25) is 25.7 Å². The van der Waals surface area contributed by atoms with Gasteiger partial charge in [-0.1, -0.05) is 33.5 Å². The van der Waals surface area contributed by atoms with Gasteiger partial charge >= 0.3 is 0 Å². The third-order valence-corrected chi connectivity index (χ3v) is 9.75. The monoisotopic (exact) mass is 466 g/mol. The minimum atomic E-state index is -1.09. The van der Waals surface area contributed by atoms with Crippen LogP contribution in [0.15, 0.2) is 31.0 Å². The first kappa shape index (κ1) is 22.7. The highest BCUT2D eigenvalue weighted by Gasteiger charge is 2.54. The molecule has 2 aliphatic rings. The molecular formula is C25H38N6OSi. The Labute approximate surface area is 198 Å². The lowest BCUT2D eigenvalue weighted by molar-refractivity contribution is 0.0899. The fourth-order valence-corrected chi connectivity index (χ4v) is 6.68. The predicted molar refractivity (Wildman–Crippen MR) is 135 cm³/mol. The molecule has 7 nitrogen and oxygen atoms in total. The van der Waals surface area contributed by atoms with E-state index in [1.807, 2.05) is 6.20 Å². The van der Waals surface area contributed by atoms with E-state index in [0.29, 0.717) is 12.1 Å². The van der Waals surface area contributed by atoms with E-state index in [4.69, 9.17) is 9.84 Å². The minimum Gasteiger partial charge on any atom is -0.361 e. The second-order valence-corrected chi connectivity index (χ2v) is 17.3. The van der Waals surface area contributed by atoms with Gasteiger partial charge < -0.3 is 14.6 Å². The first-order chi connectivity index (χ1) is 15.7. The fraction of sp³-hybridized carbons (Fsp3) is 0.640. The number of ether oxygens (including phenoxy) is 1. The summed E-state index contributed by atoms with van der Waals surface area (Å²) in [6, 6.07) is 3.27. The summed E-state index contributed by atoms with van der Waals surface area (Å²) in [5.41, 5.74) is 3.40. The number of hydrogen-bond donors (Lipinski definition) is 1. The van der Waals surface area contributed by atoms with Crippen LogP contribution >= 0.6 is 0 Å². The first-order valence-electron chi connectivity index (χ1n) is 12.4. The summed E-state index contributed by atoms with van der Waals surface area (Å²) in [6.45, 7) is 15.5. The second-order valence-electron chi connectivity index (χ2n) is 11.7. The van der Waals surface area contributed by atoms with Gasteiger partial charge in [0.15, 0.2) is 0 Å².